The Bertz CT molecular complexity index is 917. The van der Waals surface area contributed by atoms with E-state index < -0.39 is 0 Å². The van der Waals surface area contributed by atoms with Crippen molar-refractivity contribution < 1.29 is 4.79 Å². The van der Waals surface area contributed by atoms with Gasteiger partial charge >= 0.3 is 0 Å². The fraction of sp³-hybridized carbons (Fsp3) is 0.556. The van der Waals surface area contributed by atoms with Gasteiger partial charge in [0.2, 0.25) is 5.95 Å². The number of aromatic amines is 1. The Kier molecular flexibility index (Phi) is 3.66. The van der Waals surface area contributed by atoms with E-state index in [0.29, 0.717) is 17.6 Å². The largest absolute Gasteiger partial charge is 0.336 e. The number of piperazine rings is 1. The summed E-state index contributed by atoms with van der Waals surface area (Å²) in [6.45, 7) is 3.65. The van der Waals surface area contributed by atoms with Crippen molar-refractivity contribution in [2.24, 2.45) is 0 Å². The Labute approximate surface area is 150 Å². The summed E-state index contributed by atoms with van der Waals surface area (Å²) in [7, 11) is 0. The van der Waals surface area contributed by atoms with Crippen LogP contribution in [0.1, 0.15) is 40.9 Å². The fourth-order valence-corrected chi connectivity index (χ4v) is 4.44. The molecule has 0 bridgehead atoms. The summed E-state index contributed by atoms with van der Waals surface area (Å²) in [5.41, 5.74) is 2.08. The zero-order chi connectivity index (χ0) is 17.7. The van der Waals surface area contributed by atoms with Gasteiger partial charge in [0.25, 0.3) is 11.5 Å². The predicted molar refractivity (Wildman–Crippen MR) is 94.5 cm³/mol. The number of aryl methyl sites for hydroxylation is 1. The van der Waals surface area contributed by atoms with Gasteiger partial charge in [-0.05, 0) is 38.6 Å². The molecular formula is C18H22N6O2. The lowest BCUT2D eigenvalue weighted by molar-refractivity contribution is 0.0571. The van der Waals surface area contributed by atoms with Crippen molar-refractivity contribution in [3.63, 3.8) is 0 Å². The predicted octanol–water partition coefficient (Wildman–Crippen LogP) is 0.364. The third kappa shape index (κ3) is 2.56. The first-order chi connectivity index (χ1) is 12.7. The molecule has 1 aliphatic carbocycles. The zero-order valence-corrected chi connectivity index (χ0v) is 14.6. The highest BCUT2D eigenvalue weighted by molar-refractivity contribution is 5.93. The average Bonchev–Trinajstić information content (AvgIpc) is 3.39. The first-order valence-electron chi connectivity index (χ1n) is 9.39. The molecule has 1 N–H and O–H groups in total. The molecule has 2 aromatic heterocycles. The van der Waals surface area contributed by atoms with Crippen molar-refractivity contribution in [3.05, 3.63) is 39.6 Å². The Morgan fingerprint density at radius 1 is 1.19 bits per heavy atom. The Hall–Kier alpha value is -2.48. The quantitative estimate of drug-likeness (QED) is 0.842. The highest BCUT2D eigenvalue weighted by atomic mass is 16.2. The van der Waals surface area contributed by atoms with Gasteiger partial charge in [-0.25, -0.2) is 9.67 Å². The molecule has 0 spiro atoms. The number of nitrogens with zero attached hydrogens (tertiary/aromatic N) is 5. The molecule has 2 aromatic rings. The lowest BCUT2D eigenvalue weighted by Gasteiger charge is -2.37. The molecule has 8 heteroatoms. The van der Waals surface area contributed by atoms with Crippen LogP contribution < -0.4 is 5.56 Å². The topological polar surface area (TPSA) is 87.1 Å². The van der Waals surface area contributed by atoms with Crippen molar-refractivity contribution >= 4 is 5.91 Å². The summed E-state index contributed by atoms with van der Waals surface area (Å²) in [6.07, 6.45) is 8.20. The van der Waals surface area contributed by atoms with Crippen molar-refractivity contribution in [2.75, 3.05) is 26.2 Å². The molecule has 0 radical (unpaired) electrons. The maximum atomic E-state index is 12.8. The van der Waals surface area contributed by atoms with E-state index >= 15 is 0 Å². The van der Waals surface area contributed by atoms with Crippen LogP contribution in [0.5, 0.6) is 0 Å². The van der Waals surface area contributed by atoms with Crippen LogP contribution in [0.15, 0.2) is 17.2 Å². The van der Waals surface area contributed by atoms with Crippen molar-refractivity contribution in [3.8, 4) is 5.95 Å². The minimum Gasteiger partial charge on any atom is -0.336 e. The summed E-state index contributed by atoms with van der Waals surface area (Å²) in [5, 5.41) is 4.26. The number of aromatic nitrogens is 4. The number of amides is 1. The molecule has 5 rings (SSSR count). The molecule has 0 aromatic carbocycles. The Morgan fingerprint density at radius 2 is 2.12 bits per heavy atom. The van der Waals surface area contributed by atoms with Crippen LogP contribution in [0.25, 0.3) is 5.95 Å². The van der Waals surface area contributed by atoms with E-state index in [1.807, 2.05) is 4.90 Å². The number of carbonyl (C=O) groups is 1. The Balaban J connectivity index is 1.38. The lowest BCUT2D eigenvalue weighted by Crippen LogP contribution is -2.52. The van der Waals surface area contributed by atoms with Gasteiger partial charge in [0.05, 0.1) is 17.5 Å². The number of hydrogen-bond donors (Lipinski definition) is 1. The van der Waals surface area contributed by atoms with Crippen LogP contribution in [0, 0.1) is 0 Å². The van der Waals surface area contributed by atoms with Crippen LogP contribution in [0.2, 0.25) is 0 Å². The number of carbonyl (C=O) groups excluding carboxylic acids is 1. The number of hydrogen-bond acceptors (Lipinski definition) is 5. The van der Waals surface area contributed by atoms with Gasteiger partial charge in [0.15, 0.2) is 0 Å². The monoisotopic (exact) mass is 354 g/mol. The molecule has 2 saturated heterocycles. The second kappa shape index (κ2) is 6.05. The molecule has 8 nitrogen and oxygen atoms in total. The molecule has 1 amide bonds. The normalized spacial score (nSPS) is 22.5. The molecule has 3 aliphatic rings. The molecule has 1 atom stereocenters. The molecule has 136 valence electrons. The average molecular weight is 354 g/mol. The number of rotatable bonds is 2. The van der Waals surface area contributed by atoms with Crippen LogP contribution in [0.4, 0.5) is 0 Å². The first kappa shape index (κ1) is 15.7. The number of H-pyrrole nitrogens is 1. The fourth-order valence-electron chi connectivity index (χ4n) is 4.44. The molecule has 26 heavy (non-hydrogen) atoms. The van der Waals surface area contributed by atoms with Gasteiger partial charge < -0.3 is 4.90 Å². The van der Waals surface area contributed by atoms with Gasteiger partial charge in [-0.2, -0.15) is 5.10 Å². The second-order valence-electron chi connectivity index (χ2n) is 7.43. The summed E-state index contributed by atoms with van der Waals surface area (Å²) in [4.78, 5) is 36.7. The third-order valence-electron chi connectivity index (χ3n) is 5.85. The standard InChI is InChI=1S/C18H22N6O2/c25-16-14-4-1-5-15(14)20-18(21-16)24-10-12(9-19-24)17(26)23-8-7-22-6-2-3-13(22)11-23/h9-10,13H,1-8,11H2,(H,20,21,25)/t13-/m1/s1. The molecule has 0 unspecified atom stereocenters. The molecule has 2 aliphatic heterocycles. The van der Waals surface area contributed by atoms with E-state index in [0.717, 1.165) is 56.7 Å². The van der Waals surface area contributed by atoms with E-state index in [4.69, 9.17) is 0 Å². The van der Waals surface area contributed by atoms with Gasteiger partial charge in [-0.1, -0.05) is 0 Å². The number of fused-ring (bicyclic) bond motifs is 2. The first-order valence-corrected chi connectivity index (χ1v) is 9.39. The highest BCUT2D eigenvalue weighted by Gasteiger charge is 2.33. The van der Waals surface area contributed by atoms with Crippen LogP contribution in [-0.4, -0.2) is 67.7 Å². The van der Waals surface area contributed by atoms with Crippen LogP contribution >= 0.6 is 0 Å². The molecule has 4 heterocycles. The van der Waals surface area contributed by atoms with Gasteiger partial charge in [-0.3, -0.25) is 19.5 Å². The smallest absolute Gasteiger partial charge is 0.257 e. The molecular weight excluding hydrogens is 332 g/mol. The summed E-state index contributed by atoms with van der Waals surface area (Å²) in [5.74, 6) is 0.390. The third-order valence-corrected chi connectivity index (χ3v) is 5.85. The van der Waals surface area contributed by atoms with Gasteiger partial charge in [0, 0.05) is 37.4 Å². The van der Waals surface area contributed by atoms with E-state index in [2.05, 4.69) is 20.0 Å². The minimum atomic E-state index is -0.0942. The zero-order valence-electron chi connectivity index (χ0n) is 14.6. The molecule has 2 fully saturated rings. The minimum absolute atomic E-state index is 0.00584. The SMILES string of the molecule is O=C(c1cnn(-c2nc3c(c(=O)[nH]2)CCC3)c1)N1CCN2CCC[C@@H]2C1. The Morgan fingerprint density at radius 3 is 3.04 bits per heavy atom. The number of nitrogens with one attached hydrogen (secondary N) is 1. The summed E-state index contributed by atoms with van der Waals surface area (Å²) in [6, 6.07) is 0.498. The van der Waals surface area contributed by atoms with Gasteiger partial charge in [-0.15, -0.1) is 0 Å². The maximum Gasteiger partial charge on any atom is 0.257 e. The second-order valence-corrected chi connectivity index (χ2v) is 7.43. The lowest BCUT2D eigenvalue weighted by atomic mass is 10.1. The van der Waals surface area contributed by atoms with Gasteiger partial charge in [0.1, 0.15) is 0 Å². The van der Waals surface area contributed by atoms with Crippen molar-refractivity contribution in [2.45, 2.75) is 38.1 Å². The van der Waals surface area contributed by atoms with E-state index in [1.54, 1.807) is 12.4 Å². The highest BCUT2D eigenvalue weighted by Crippen LogP contribution is 2.22. The van der Waals surface area contributed by atoms with Crippen molar-refractivity contribution in [1.82, 2.24) is 29.5 Å². The summed E-state index contributed by atoms with van der Waals surface area (Å²) >= 11 is 0. The van der Waals surface area contributed by atoms with Crippen LogP contribution in [0.3, 0.4) is 0 Å². The van der Waals surface area contributed by atoms with Crippen LogP contribution in [-0.2, 0) is 12.8 Å². The van der Waals surface area contributed by atoms with E-state index in [-0.39, 0.29) is 11.5 Å². The van der Waals surface area contributed by atoms with Crippen molar-refractivity contribution in [1.29, 1.82) is 0 Å². The maximum absolute atomic E-state index is 12.8. The van der Waals surface area contributed by atoms with E-state index in [1.165, 1.54) is 17.5 Å². The summed E-state index contributed by atoms with van der Waals surface area (Å²) < 4.78 is 1.50. The van der Waals surface area contributed by atoms with E-state index in [9.17, 15) is 9.59 Å². The molecule has 0 saturated carbocycles.